The van der Waals surface area contributed by atoms with Crippen LogP contribution in [0.3, 0.4) is 0 Å². The molecule has 3 rings (SSSR count). The Balaban J connectivity index is 1.78. The maximum atomic E-state index is 13.2. The number of urea groups is 1. The number of aliphatic hydroxyl groups is 1. The number of anilines is 1. The van der Waals surface area contributed by atoms with Crippen molar-refractivity contribution in [1.82, 2.24) is 10.3 Å². The van der Waals surface area contributed by atoms with Gasteiger partial charge in [0.1, 0.15) is 5.82 Å². The quantitative estimate of drug-likeness (QED) is 0.616. The zero-order valence-electron chi connectivity index (χ0n) is 14.0. The number of nitrogens with zero attached hydrogens (tertiary/aromatic N) is 1. The van der Waals surface area contributed by atoms with E-state index in [-0.39, 0.29) is 34.3 Å². The molecule has 0 saturated carbocycles. The number of rotatable bonds is 3. The molecule has 2 aromatic rings. The molecule has 3 N–H and O–H groups in total. The minimum Gasteiger partial charge on any atom is -0.376 e. The molecule has 1 atom stereocenters. The molecule has 5 nitrogen and oxygen atoms in total. The Kier molecular flexibility index (Phi) is 5.44. The number of halogens is 6. The van der Waals surface area contributed by atoms with Crippen LogP contribution in [0.25, 0.3) is 0 Å². The van der Waals surface area contributed by atoms with Gasteiger partial charge in [0.05, 0.1) is 34.2 Å². The van der Waals surface area contributed by atoms with Gasteiger partial charge in [-0.15, -0.1) is 0 Å². The molecule has 11 heteroatoms. The molecule has 1 aromatic heterocycles. The van der Waals surface area contributed by atoms with Gasteiger partial charge in [0, 0.05) is 0 Å². The van der Waals surface area contributed by atoms with Gasteiger partial charge in [-0.25, -0.2) is 9.18 Å². The van der Waals surface area contributed by atoms with E-state index < -0.39 is 35.6 Å². The molecular formula is C17H13Cl2F4N3O2. The van der Waals surface area contributed by atoms with Crippen molar-refractivity contribution < 1.29 is 27.5 Å². The Morgan fingerprint density at radius 2 is 2.04 bits per heavy atom. The second-order valence-electron chi connectivity index (χ2n) is 6.21. The van der Waals surface area contributed by atoms with Crippen molar-refractivity contribution in [2.24, 2.45) is 0 Å². The number of nitrogens with one attached hydrogen (secondary N) is 2. The van der Waals surface area contributed by atoms with Crippen molar-refractivity contribution in [3.8, 4) is 0 Å². The third-order valence-corrected chi connectivity index (χ3v) is 5.14. The lowest BCUT2D eigenvalue weighted by atomic mass is 9.95. The van der Waals surface area contributed by atoms with Gasteiger partial charge < -0.3 is 15.7 Å². The van der Waals surface area contributed by atoms with Crippen molar-refractivity contribution in [3.05, 3.63) is 57.1 Å². The normalized spacial score (nSPS) is 18.7. The number of aromatic nitrogens is 1. The Bertz CT molecular complexity index is 922. The van der Waals surface area contributed by atoms with Gasteiger partial charge in [-0.2, -0.15) is 13.2 Å². The van der Waals surface area contributed by atoms with E-state index in [0.717, 1.165) is 12.3 Å². The minimum absolute atomic E-state index is 0.0277. The maximum absolute atomic E-state index is 13.2. The van der Waals surface area contributed by atoms with Gasteiger partial charge in [0.15, 0.2) is 5.60 Å². The largest absolute Gasteiger partial charge is 0.421 e. The van der Waals surface area contributed by atoms with Crippen molar-refractivity contribution in [1.29, 1.82) is 0 Å². The van der Waals surface area contributed by atoms with Crippen molar-refractivity contribution >= 4 is 34.9 Å². The number of benzene rings is 1. The molecule has 0 fully saturated rings. The molecule has 2 amide bonds. The number of pyridine rings is 1. The van der Waals surface area contributed by atoms with Crippen LogP contribution >= 0.6 is 23.2 Å². The Labute approximate surface area is 166 Å². The van der Waals surface area contributed by atoms with Gasteiger partial charge in [0.25, 0.3) is 0 Å². The summed E-state index contributed by atoms with van der Waals surface area (Å²) in [5.74, 6) is -0.524. The van der Waals surface area contributed by atoms with Crippen LogP contribution in [0.1, 0.15) is 23.2 Å². The molecular weight excluding hydrogens is 425 g/mol. The first-order valence-corrected chi connectivity index (χ1v) is 8.74. The van der Waals surface area contributed by atoms with E-state index in [1.807, 2.05) is 0 Å². The summed E-state index contributed by atoms with van der Waals surface area (Å²) in [6.07, 6.45) is -4.62. The highest BCUT2D eigenvalue weighted by Crippen LogP contribution is 2.52. The van der Waals surface area contributed by atoms with Crippen LogP contribution in [-0.4, -0.2) is 22.3 Å². The number of alkyl halides is 3. The standard InChI is InChI=1S/C17H13Cl2F4N3O2/c18-12-5-11-10(3-4-16(11,28)17(21,22)23)13(19)14(12)26-15(27)25-7-9-2-1-8(20)6-24-9/h1-2,5-6,28H,3-4,7H2,(H2,25,26,27). The van der Waals surface area contributed by atoms with E-state index in [4.69, 9.17) is 23.2 Å². The molecule has 150 valence electrons. The first-order chi connectivity index (χ1) is 13.0. The molecule has 0 bridgehead atoms. The number of fused-ring (bicyclic) bond motifs is 1. The molecule has 0 saturated heterocycles. The first-order valence-electron chi connectivity index (χ1n) is 7.98. The lowest BCUT2D eigenvalue weighted by Gasteiger charge is -2.27. The number of amides is 2. The third kappa shape index (κ3) is 3.74. The number of carbonyl (C=O) groups excluding carboxylic acids is 1. The van der Waals surface area contributed by atoms with E-state index in [1.165, 1.54) is 12.1 Å². The lowest BCUT2D eigenvalue weighted by Crippen LogP contribution is -2.40. The summed E-state index contributed by atoms with van der Waals surface area (Å²) in [6, 6.07) is 2.78. The van der Waals surface area contributed by atoms with Crippen molar-refractivity contribution in [3.63, 3.8) is 0 Å². The fourth-order valence-corrected chi connectivity index (χ4v) is 3.61. The van der Waals surface area contributed by atoms with E-state index in [9.17, 15) is 27.5 Å². The zero-order chi connectivity index (χ0) is 20.7. The van der Waals surface area contributed by atoms with Crippen LogP contribution in [-0.2, 0) is 18.6 Å². The molecule has 1 aromatic carbocycles. The minimum atomic E-state index is -4.89. The summed E-state index contributed by atoms with van der Waals surface area (Å²) in [7, 11) is 0. The number of hydrogen-bond donors (Lipinski definition) is 3. The Morgan fingerprint density at radius 3 is 2.64 bits per heavy atom. The van der Waals surface area contributed by atoms with Gasteiger partial charge in [-0.1, -0.05) is 23.2 Å². The fraction of sp³-hybridized carbons (Fsp3) is 0.294. The summed E-state index contributed by atoms with van der Waals surface area (Å²) < 4.78 is 52.5. The molecule has 1 aliphatic rings. The Morgan fingerprint density at radius 1 is 1.32 bits per heavy atom. The van der Waals surface area contributed by atoms with Crippen LogP contribution in [0.2, 0.25) is 10.0 Å². The van der Waals surface area contributed by atoms with Crippen LogP contribution in [0.5, 0.6) is 0 Å². The van der Waals surface area contributed by atoms with Crippen LogP contribution in [0.15, 0.2) is 24.4 Å². The molecule has 0 aliphatic heterocycles. The van der Waals surface area contributed by atoms with E-state index >= 15 is 0 Å². The number of hydrogen-bond acceptors (Lipinski definition) is 3. The first kappa shape index (κ1) is 20.6. The lowest BCUT2D eigenvalue weighted by molar-refractivity contribution is -0.265. The number of carbonyl (C=O) groups is 1. The molecule has 0 radical (unpaired) electrons. The monoisotopic (exact) mass is 437 g/mol. The van der Waals surface area contributed by atoms with E-state index in [2.05, 4.69) is 15.6 Å². The summed E-state index contributed by atoms with van der Waals surface area (Å²) in [4.78, 5) is 15.8. The molecule has 1 unspecified atom stereocenters. The highest BCUT2D eigenvalue weighted by Gasteiger charge is 2.58. The van der Waals surface area contributed by atoms with Crippen LogP contribution < -0.4 is 10.6 Å². The average Bonchev–Trinajstić information content (AvgIpc) is 2.96. The highest BCUT2D eigenvalue weighted by atomic mass is 35.5. The average molecular weight is 438 g/mol. The van der Waals surface area contributed by atoms with Gasteiger partial charge in [-0.05, 0) is 42.2 Å². The smallest absolute Gasteiger partial charge is 0.376 e. The zero-order valence-corrected chi connectivity index (χ0v) is 15.5. The third-order valence-electron chi connectivity index (χ3n) is 4.43. The topological polar surface area (TPSA) is 74.2 Å². The van der Waals surface area contributed by atoms with Gasteiger partial charge >= 0.3 is 12.2 Å². The maximum Gasteiger partial charge on any atom is 0.421 e. The molecule has 1 aliphatic carbocycles. The van der Waals surface area contributed by atoms with Crippen LogP contribution in [0.4, 0.5) is 28.0 Å². The second kappa shape index (κ2) is 7.38. The summed E-state index contributed by atoms with van der Waals surface area (Å²) in [5, 5.41) is 14.5. The summed E-state index contributed by atoms with van der Waals surface area (Å²) in [6.45, 7) is -0.0277. The Hall–Kier alpha value is -2.10. The second-order valence-corrected chi connectivity index (χ2v) is 6.99. The van der Waals surface area contributed by atoms with Gasteiger partial charge in [-0.3, -0.25) is 4.98 Å². The summed E-state index contributed by atoms with van der Waals surface area (Å²) in [5.41, 5.74) is -3.07. The molecule has 1 heterocycles. The fourth-order valence-electron chi connectivity index (χ4n) is 2.96. The highest BCUT2D eigenvalue weighted by molar-refractivity contribution is 6.40. The van der Waals surface area contributed by atoms with Gasteiger partial charge in [0.2, 0.25) is 0 Å². The molecule has 0 spiro atoms. The van der Waals surface area contributed by atoms with Crippen molar-refractivity contribution in [2.75, 3.05) is 5.32 Å². The molecule has 28 heavy (non-hydrogen) atoms. The predicted molar refractivity (Wildman–Crippen MR) is 94.8 cm³/mol. The van der Waals surface area contributed by atoms with E-state index in [0.29, 0.717) is 5.69 Å². The SMILES string of the molecule is O=C(NCc1ccc(F)cn1)Nc1c(Cl)cc2c(c1Cl)CCC2(O)C(F)(F)F. The summed E-state index contributed by atoms with van der Waals surface area (Å²) >= 11 is 12.2. The predicted octanol–water partition coefficient (Wildman–Crippen LogP) is 4.55. The van der Waals surface area contributed by atoms with E-state index in [1.54, 1.807) is 0 Å². The van der Waals surface area contributed by atoms with Crippen molar-refractivity contribution in [2.45, 2.75) is 31.2 Å². The van der Waals surface area contributed by atoms with Crippen LogP contribution in [0, 0.1) is 5.82 Å².